The molecule has 2 rings (SSSR count). The highest BCUT2D eigenvalue weighted by atomic mass is 19.1. The van der Waals surface area contributed by atoms with Gasteiger partial charge in [0.15, 0.2) is 0 Å². The zero-order valence-electron chi connectivity index (χ0n) is 11.7. The van der Waals surface area contributed by atoms with Gasteiger partial charge in [0.2, 0.25) is 0 Å². The van der Waals surface area contributed by atoms with Crippen LogP contribution < -0.4 is 0 Å². The molecule has 0 aliphatic carbocycles. The van der Waals surface area contributed by atoms with E-state index >= 15 is 0 Å². The van der Waals surface area contributed by atoms with Gasteiger partial charge < -0.3 is 9.31 Å². The predicted molar refractivity (Wildman–Crippen MR) is 70.9 cm³/mol. The van der Waals surface area contributed by atoms with Crippen molar-refractivity contribution in [2.75, 3.05) is 0 Å². The molecule has 0 saturated carbocycles. The smallest absolute Gasteiger partial charge is 0.403 e. The summed E-state index contributed by atoms with van der Waals surface area (Å²) in [5, 5.41) is 9.02. The number of nitrogens with zero attached hydrogens (tertiary/aromatic N) is 1. The molecule has 0 aromatic heterocycles. The topological polar surface area (TPSA) is 42.2 Å². The average Bonchev–Trinajstić information content (AvgIpc) is 2.49. The van der Waals surface area contributed by atoms with Gasteiger partial charge in [-0.25, -0.2) is 4.39 Å². The van der Waals surface area contributed by atoms with E-state index < -0.39 is 24.1 Å². The van der Waals surface area contributed by atoms with Gasteiger partial charge in [0.25, 0.3) is 0 Å². The molecule has 0 amide bonds. The van der Waals surface area contributed by atoms with Crippen LogP contribution in [0.5, 0.6) is 0 Å². The highest BCUT2D eigenvalue weighted by Gasteiger charge is 2.50. The van der Waals surface area contributed by atoms with E-state index in [4.69, 9.17) is 14.6 Å². The number of hydrogen-bond donors (Lipinski definition) is 0. The SMILES string of the molecule is CC1(C)OB(Cc2ccc(F)cc2C#N)OC1(C)C. The zero-order valence-corrected chi connectivity index (χ0v) is 11.7. The molecule has 1 aromatic carbocycles. The average molecular weight is 261 g/mol. The van der Waals surface area contributed by atoms with Gasteiger partial charge in [0, 0.05) is 6.32 Å². The molecule has 0 radical (unpaired) electrons. The molecule has 3 nitrogen and oxygen atoms in total. The molecule has 1 aromatic rings. The Labute approximate surface area is 113 Å². The molecule has 1 fully saturated rings. The van der Waals surface area contributed by atoms with Gasteiger partial charge in [-0.3, -0.25) is 0 Å². The molecule has 0 bridgehead atoms. The number of benzene rings is 1. The second kappa shape index (κ2) is 4.62. The Hall–Kier alpha value is -1.38. The summed E-state index contributed by atoms with van der Waals surface area (Å²) in [6.45, 7) is 7.90. The van der Waals surface area contributed by atoms with Crippen LogP contribution in [0.15, 0.2) is 18.2 Å². The Bertz CT molecular complexity index is 521. The first-order chi connectivity index (χ1) is 8.75. The molecule has 0 spiro atoms. The number of hydrogen-bond acceptors (Lipinski definition) is 3. The summed E-state index contributed by atoms with van der Waals surface area (Å²) in [7, 11) is -0.414. The molecule has 1 heterocycles. The number of halogens is 1. The summed E-state index contributed by atoms with van der Waals surface area (Å²) < 4.78 is 24.8. The van der Waals surface area contributed by atoms with Crippen molar-refractivity contribution in [3.63, 3.8) is 0 Å². The van der Waals surface area contributed by atoms with Gasteiger partial charge in [-0.15, -0.1) is 0 Å². The van der Waals surface area contributed by atoms with Gasteiger partial charge in [-0.2, -0.15) is 5.26 Å². The molecule has 19 heavy (non-hydrogen) atoms. The summed E-state index contributed by atoms with van der Waals surface area (Å²) in [6, 6.07) is 6.20. The third kappa shape index (κ3) is 2.65. The third-order valence-electron chi connectivity index (χ3n) is 3.88. The maximum atomic E-state index is 13.1. The van der Waals surface area contributed by atoms with Crippen molar-refractivity contribution in [2.45, 2.75) is 45.2 Å². The Morgan fingerprint density at radius 3 is 2.32 bits per heavy atom. The van der Waals surface area contributed by atoms with Crippen molar-refractivity contribution < 1.29 is 13.7 Å². The largest absolute Gasteiger partial charge is 0.462 e. The predicted octanol–water partition coefficient (Wildman–Crippen LogP) is 2.87. The van der Waals surface area contributed by atoms with Crippen molar-refractivity contribution in [2.24, 2.45) is 0 Å². The highest BCUT2D eigenvalue weighted by Crippen LogP contribution is 2.37. The van der Waals surface area contributed by atoms with Crippen LogP contribution in [0.2, 0.25) is 0 Å². The minimum atomic E-state index is -0.414. The molecule has 0 N–H and O–H groups in total. The number of nitriles is 1. The van der Waals surface area contributed by atoms with Gasteiger partial charge in [-0.05, 0) is 45.4 Å². The molecule has 1 saturated heterocycles. The van der Waals surface area contributed by atoms with Crippen molar-refractivity contribution in [1.82, 2.24) is 0 Å². The van der Waals surface area contributed by atoms with Crippen LogP contribution in [-0.2, 0) is 15.6 Å². The van der Waals surface area contributed by atoms with E-state index in [1.54, 1.807) is 6.07 Å². The molecule has 0 unspecified atom stereocenters. The normalized spacial score (nSPS) is 20.3. The van der Waals surface area contributed by atoms with E-state index in [9.17, 15) is 4.39 Å². The first kappa shape index (κ1) is 14.0. The molecule has 1 aliphatic heterocycles. The molecular weight excluding hydrogens is 244 g/mol. The van der Waals surface area contributed by atoms with Gasteiger partial charge in [0.1, 0.15) is 5.82 Å². The fourth-order valence-electron chi connectivity index (χ4n) is 2.06. The fourth-order valence-corrected chi connectivity index (χ4v) is 2.06. The lowest BCUT2D eigenvalue weighted by Gasteiger charge is -2.32. The fraction of sp³-hybridized carbons (Fsp3) is 0.500. The minimum Gasteiger partial charge on any atom is -0.403 e. The Kier molecular flexibility index (Phi) is 3.42. The molecule has 5 heteroatoms. The number of rotatable bonds is 2. The van der Waals surface area contributed by atoms with E-state index in [0.717, 1.165) is 5.56 Å². The Balaban J connectivity index is 2.19. The lowest BCUT2D eigenvalue weighted by molar-refractivity contribution is 0.00578. The Morgan fingerprint density at radius 1 is 1.21 bits per heavy atom. The van der Waals surface area contributed by atoms with E-state index in [-0.39, 0.29) is 0 Å². The summed E-state index contributed by atoms with van der Waals surface area (Å²) >= 11 is 0. The van der Waals surface area contributed by atoms with E-state index in [0.29, 0.717) is 11.9 Å². The zero-order chi connectivity index (χ0) is 14.3. The van der Waals surface area contributed by atoms with Crippen LogP contribution in [0.3, 0.4) is 0 Å². The van der Waals surface area contributed by atoms with Crippen molar-refractivity contribution in [3.8, 4) is 6.07 Å². The van der Waals surface area contributed by atoms with Crippen molar-refractivity contribution in [1.29, 1.82) is 5.26 Å². The van der Waals surface area contributed by atoms with Crippen LogP contribution in [-0.4, -0.2) is 18.3 Å². The lowest BCUT2D eigenvalue weighted by Crippen LogP contribution is -2.41. The lowest BCUT2D eigenvalue weighted by atomic mass is 9.79. The summed E-state index contributed by atoms with van der Waals surface area (Å²) in [6.07, 6.45) is 0.441. The summed E-state index contributed by atoms with van der Waals surface area (Å²) in [5.41, 5.74) is 0.270. The minimum absolute atomic E-state index is 0.328. The molecule has 0 atom stereocenters. The summed E-state index contributed by atoms with van der Waals surface area (Å²) in [5.74, 6) is -0.408. The van der Waals surface area contributed by atoms with E-state index in [2.05, 4.69) is 0 Å². The first-order valence-electron chi connectivity index (χ1n) is 6.29. The Morgan fingerprint density at radius 2 is 1.79 bits per heavy atom. The van der Waals surface area contributed by atoms with E-state index in [1.165, 1.54) is 12.1 Å². The first-order valence-corrected chi connectivity index (χ1v) is 6.29. The van der Waals surface area contributed by atoms with Crippen LogP contribution in [0.25, 0.3) is 0 Å². The van der Waals surface area contributed by atoms with Gasteiger partial charge >= 0.3 is 7.12 Å². The van der Waals surface area contributed by atoms with Crippen molar-refractivity contribution in [3.05, 3.63) is 35.1 Å². The second-order valence-corrected chi connectivity index (χ2v) is 5.80. The molecule has 1 aliphatic rings. The quantitative estimate of drug-likeness (QED) is 0.769. The van der Waals surface area contributed by atoms with E-state index in [1.807, 2.05) is 33.8 Å². The van der Waals surface area contributed by atoms with Crippen LogP contribution >= 0.6 is 0 Å². The van der Waals surface area contributed by atoms with Gasteiger partial charge in [0.05, 0.1) is 22.8 Å². The maximum Gasteiger partial charge on any atom is 0.462 e. The van der Waals surface area contributed by atoms with Crippen LogP contribution in [0.4, 0.5) is 4.39 Å². The monoisotopic (exact) mass is 261 g/mol. The van der Waals surface area contributed by atoms with Gasteiger partial charge in [-0.1, -0.05) is 6.07 Å². The van der Waals surface area contributed by atoms with Crippen LogP contribution in [0, 0.1) is 17.1 Å². The maximum absolute atomic E-state index is 13.1. The van der Waals surface area contributed by atoms with Crippen molar-refractivity contribution >= 4 is 7.12 Å². The standard InChI is InChI=1S/C14H17BFNO2/c1-13(2)14(3,4)19-15(18-13)8-10-5-6-12(16)7-11(10)9-17/h5-7H,8H2,1-4H3. The highest BCUT2D eigenvalue weighted by molar-refractivity contribution is 6.45. The third-order valence-corrected chi connectivity index (χ3v) is 3.88. The second-order valence-electron chi connectivity index (χ2n) is 5.80. The molecular formula is C14H17BFNO2. The van der Waals surface area contributed by atoms with Crippen LogP contribution in [0.1, 0.15) is 38.8 Å². The summed E-state index contributed by atoms with van der Waals surface area (Å²) in [4.78, 5) is 0. The molecule has 100 valence electrons.